The Morgan fingerprint density at radius 2 is 2.11 bits per heavy atom. The van der Waals surface area contributed by atoms with E-state index in [0.717, 1.165) is 0 Å². The van der Waals surface area contributed by atoms with Gasteiger partial charge in [0.05, 0.1) is 13.2 Å². The maximum atomic E-state index is 5.21. The molecule has 0 radical (unpaired) electrons. The molecule has 7 nitrogen and oxygen atoms in total. The summed E-state index contributed by atoms with van der Waals surface area (Å²) >= 11 is 0. The van der Waals surface area contributed by atoms with E-state index in [1.807, 2.05) is 20.8 Å². The summed E-state index contributed by atoms with van der Waals surface area (Å²) < 4.78 is 10.2. The molecule has 7 heteroatoms. The molecular formula is C12H23N5O2. The van der Waals surface area contributed by atoms with E-state index in [2.05, 4.69) is 25.8 Å². The van der Waals surface area contributed by atoms with Gasteiger partial charge in [0.1, 0.15) is 0 Å². The number of ether oxygens (including phenoxy) is 1. The van der Waals surface area contributed by atoms with Crippen LogP contribution < -0.4 is 10.6 Å². The van der Waals surface area contributed by atoms with Crippen LogP contribution in [0.3, 0.4) is 0 Å². The molecule has 0 amide bonds. The van der Waals surface area contributed by atoms with Crippen LogP contribution in [0.4, 0.5) is 0 Å². The fourth-order valence-corrected chi connectivity index (χ4v) is 1.29. The Hall–Kier alpha value is -1.63. The van der Waals surface area contributed by atoms with Crippen molar-refractivity contribution in [2.45, 2.75) is 32.7 Å². The fourth-order valence-electron chi connectivity index (χ4n) is 1.29. The highest BCUT2D eigenvalue weighted by molar-refractivity contribution is 5.79. The van der Waals surface area contributed by atoms with Gasteiger partial charge >= 0.3 is 0 Å². The van der Waals surface area contributed by atoms with E-state index in [9.17, 15) is 0 Å². The standard InChI is InChI=1S/C12H23N5O2/c1-12(2,3)10-16-9(17-19-10)8-15-11(13-4)14-6-7-18-5/h6-8H2,1-5H3,(H2,13,14,15). The average Bonchev–Trinajstić information content (AvgIpc) is 2.82. The lowest BCUT2D eigenvalue weighted by Crippen LogP contribution is -2.38. The number of guanidine groups is 1. The molecule has 1 aromatic heterocycles. The van der Waals surface area contributed by atoms with Crippen LogP contribution >= 0.6 is 0 Å². The number of aromatic nitrogens is 2. The highest BCUT2D eigenvalue weighted by Crippen LogP contribution is 2.19. The Bertz CT molecular complexity index is 408. The molecule has 0 aliphatic carbocycles. The van der Waals surface area contributed by atoms with Gasteiger partial charge in [0.25, 0.3) is 0 Å². The Balaban J connectivity index is 2.45. The van der Waals surface area contributed by atoms with Crippen LogP contribution in [0.2, 0.25) is 0 Å². The van der Waals surface area contributed by atoms with Gasteiger partial charge in [-0.1, -0.05) is 25.9 Å². The third-order valence-corrected chi connectivity index (χ3v) is 2.35. The van der Waals surface area contributed by atoms with E-state index < -0.39 is 0 Å². The van der Waals surface area contributed by atoms with Crippen LogP contribution in [0.5, 0.6) is 0 Å². The molecular weight excluding hydrogens is 246 g/mol. The molecule has 0 bridgehead atoms. The third kappa shape index (κ3) is 5.25. The first-order chi connectivity index (χ1) is 8.97. The van der Waals surface area contributed by atoms with Gasteiger partial charge in [-0.25, -0.2) is 0 Å². The molecule has 0 unspecified atom stereocenters. The fraction of sp³-hybridized carbons (Fsp3) is 0.750. The lowest BCUT2D eigenvalue weighted by molar-refractivity contribution is 0.203. The van der Waals surface area contributed by atoms with Crippen LogP contribution in [0.1, 0.15) is 32.5 Å². The second-order valence-corrected chi connectivity index (χ2v) is 5.11. The lowest BCUT2D eigenvalue weighted by atomic mass is 9.97. The van der Waals surface area contributed by atoms with Crippen molar-refractivity contribution in [1.82, 2.24) is 20.8 Å². The number of aliphatic imine (C=N–C) groups is 1. The van der Waals surface area contributed by atoms with Crippen LogP contribution in [0.25, 0.3) is 0 Å². The first kappa shape index (κ1) is 15.4. The first-order valence-corrected chi connectivity index (χ1v) is 6.24. The summed E-state index contributed by atoms with van der Waals surface area (Å²) in [7, 11) is 3.37. The molecule has 0 saturated heterocycles. The summed E-state index contributed by atoms with van der Waals surface area (Å²) in [4.78, 5) is 8.42. The van der Waals surface area contributed by atoms with Gasteiger partial charge in [-0.2, -0.15) is 4.98 Å². The van der Waals surface area contributed by atoms with Crippen molar-refractivity contribution in [2.75, 3.05) is 27.3 Å². The van der Waals surface area contributed by atoms with Gasteiger partial charge in [-0.05, 0) is 0 Å². The van der Waals surface area contributed by atoms with E-state index in [4.69, 9.17) is 9.26 Å². The number of hydrogen-bond acceptors (Lipinski definition) is 5. The average molecular weight is 269 g/mol. The Morgan fingerprint density at radius 3 is 2.63 bits per heavy atom. The van der Waals surface area contributed by atoms with Gasteiger partial charge in [-0.3, -0.25) is 4.99 Å². The molecule has 2 N–H and O–H groups in total. The zero-order valence-corrected chi connectivity index (χ0v) is 12.3. The monoisotopic (exact) mass is 269 g/mol. The Kier molecular flexibility index (Phi) is 5.75. The van der Waals surface area contributed by atoms with Gasteiger partial charge in [0.15, 0.2) is 11.8 Å². The van der Waals surface area contributed by atoms with Crippen LogP contribution in [-0.2, 0) is 16.7 Å². The summed E-state index contributed by atoms with van der Waals surface area (Å²) in [5, 5.41) is 10.1. The van der Waals surface area contributed by atoms with Crippen LogP contribution in [0, 0.1) is 0 Å². The van der Waals surface area contributed by atoms with E-state index in [1.165, 1.54) is 0 Å². The van der Waals surface area contributed by atoms with Crippen molar-refractivity contribution in [3.63, 3.8) is 0 Å². The molecule has 1 rings (SSSR count). The maximum absolute atomic E-state index is 5.21. The predicted octanol–water partition coefficient (Wildman–Crippen LogP) is 0.678. The molecule has 108 valence electrons. The quantitative estimate of drug-likeness (QED) is 0.464. The molecule has 0 saturated carbocycles. The smallest absolute Gasteiger partial charge is 0.232 e. The zero-order chi connectivity index (χ0) is 14.3. The van der Waals surface area contributed by atoms with Crippen LogP contribution in [-0.4, -0.2) is 43.4 Å². The summed E-state index contributed by atoms with van der Waals surface area (Å²) in [6.45, 7) is 7.87. The molecule has 1 aromatic rings. The van der Waals surface area contributed by atoms with E-state index in [-0.39, 0.29) is 5.41 Å². The van der Waals surface area contributed by atoms with Crippen LogP contribution in [0.15, 0.2) is 9.52 Å². The summed E-state index contributed by atoms with van der Waals surface area (Å²) in [6, 6.07) is 0. The molecule has 0 aromatic carbocycles. The van der Waals surface area contributed by atoms with Gasteiger partial charge < -0.3 is 19.9 Å². The van der Waals surface area contributed by atoms with Gasteiger partial charge in [-0.15, -0.1) is 0 Å². The number of nitrogens with zero attached hydrogens (tertiary/aromatic N) is 3. The minimum atomic E-state index is -0.135. The molecule has 1 heterocycles. The first-order valence-electron chi connectivity index (χ1n) is 6.24. The topological polar surface area (TPSA) is 84.6 Å². The summed E-state index contributed by atoms with van der Waals surface area (Å²) in [6.07, 6.45) is 0. The Morgan fingerprint density at radius 1 is 1.37 bits per heavy atom. The maximum Gasteiger partial charge on any atom is 0.232 e. The molecule has 0 spiro atoms. The molecule has 0 aliphatic heterocycles. The lowest BCUT2D eigenvalue weighted by Gasteiger charge is -2.11. The largest absolute Gasteiger partial charge is 0.383 e. The van der Waals surface area contributed by atoms with E-state index in [1.54, 1.807) is 14.2 Å². The Labute approximate surface area is 113 Å². The molecule has 19 heavy (non-hydrogen) atoms. The summed E-state index contributed by atoms with van der Waals surface area (Å²) in [5.41, 5.74) is -0.135. The SMILES string of the molecule is CN=C(NCCOC)NCc1noc(C(C)(C)C)n1. The number of hydrogen-bond donors (Lipinski definition) is 2. The predicted molar refractivity (Wildman–Crippen MR) is 73.1 cm³/mol. The van der Waals surface area contributed by atoms with Crippen molar-refractivity contribution in [2.24, 2.45) is 4.99 Å². The third-order valence-electron chi connectivity index (χ3n) is 2.35. The second kappa shape index (κ2) is 7.08. The molecule has 0 atom stereocenters. The van der Waals surface area contributed by atoms with Crippen molar-refractivity contribution in [3.8, 4) is 0 Å². The minimum Gasteiger partial charge on any atom is -0.383 e. The van der Waals surface area contributed by atoms with Gasteiger partial charge in [0, 0.05) is 26.1 Å². The van der Waals surface area contributed by atoms with Gasteiger partial charge in [0.2, 0.25) is 5.89 Å². The van der Waals surface area contributed by atoms with E-state index in [0.29, 0.717) is 37.4 Å². The highest BCUT2D eigenvalue weighted by Gasteiger charge is 2.21. The normalized spacial score (nSPS) is 12.6. The number of rotatable bonds is 5. The second-order valence-electron chi connectivity index (χ2n) is 5.11. The number of nitrogens with one attached hydrogen (secondary N) is 2. The molecule has 0 fully saturated rings. The summed E-state index contributed by atoms with van der Waals surface area (Å²) in [5.74, 6) is 1.92. The molecule has 0 aliphatic rings. The van der Waals surface area contributed by atoms with Crippen molar-refractivity contribution < 1.29 is 9.26 Å². The number of methoxy groups -OCH3 is 1. The minimum absolute atomic E-state index is 0.135. The zero-order valence-electron chi connectivity index (χ0n) is 12.3. The van der Waals surface area contributed by atoms with E-state index >= 15 is 0 Å². The van der Waals surface area contributed by atoms with Crippen molar-refractivity contribution >= 4 is 5.96 Å². The van der Waals surface area contributed by atoms with Crippen molar-refractivity contribution in [1.29, 1.82) is 0 Å². The van der Waals surface area contributed by atoms with Crippen molar-refractivity contribution in [3.05, 3.63) is 11.7 Å². The highest BCUT2D eigenvalue weighted by atomic mass is 16.5.